The van der Waals surface area contributed by atoms with E-state index in [4.69, 9.17) is 0 Å². The van der Waals surface area contributed by atoms with Crippen LogP contribution in [0.1, 0.15) is 24.8 Å². The molecule has 0 radical (unpaired) electrons. The van der Waals surface area contributed by atoms with Crippen LogP contribution in [-0.4, -0.2) is 42.9 Å². The molecule has 0 unspecified atom stereocenters. The van der Waals surface area contributed by atoms with Crippen LogP contribution in [0.2, 0.25) is 13.3 Å². The Hall–Kier alpha value is -0.0213. The van der Waals surface area contributed by atoms with Crippen LogP contribution in [0.4, 0.5) is 0 Å². The first-order valence-electron chi connectivity index (χ1n) is 7.63. The molecule has 0 aromatic heterocycles. The Morgan fingerprint density at radius 2 is 1.39 bits per heavy atom. The molecule has 0 saturated carbocycles. The van der Waals surface area contributed by atoms with Crippen LogP contribution < -0.4 is 0 Å². The van der Waals surface area contributed by atoms with Gasteiger partial charge in [-0.25, -0.2) is 0 Å². The van der Waals surface area contributed by atoms with E-state index in [1.54, 1.807) is 18.9 Å². The average Bonchev–Trinajstić information content (AvgIpc) is 2.32. The second kappa shape index (κ2) is 5.96. The van der Waals surface area contributed by atoms with Gasteiger partial charge >= 0.3 is 116 Å². The summed E-state index contributed by atoms with van der Waals surface area (Å²) in [4.78, 5) is 2.72. The number of hydrogen-bond donors (Lipinski definition) is 0. The molecule has 0 aliphatic carbocycles. The quantitative estimate of drug-likeness (QED) is 0.735. The zero-order chi connectivity index (χ0) is 12.3. The molecular formula is C16H25NSn. The first-order chi connectivity index (χ1) is 8.86. The number of hydrogen-bond acceptors (Lipinski definition) is 1. The van der Waals surface area contributed by atoms with E-state index in [2.05, 4.69) is 35.2 Å². The molecule has 3 aliphatic heterocycles. The van der Waals surface area contributed by atoms with Crippen molar-refractivity contribution in [2.45, 2.75) is 37.0 Å². The van der Waals surface area contributed by atoms with E-state index in [-0.39, 0.29) is 0 Å². The number of fused-ring (bicyclic) bond motifs is 6. The van der Waals surface area contributed by atoms with Gasteiger partial charge in [0.2, 0.25) is 0 Å². The van der Waals surface area contributed by atoms with Gasteiger partial charge in [0.05, 0.1) is 0 Å². The van der Waals surface area contributed by atoms with Crippen molar-refractivity contribution in [3.63, 3.8) is 0 Å². The van der Waals surface area contributed by atoms with Gasteiger partial charge in [-0.1, -0.05) is 0 Å². The van der Waals surface area contributed by atoms with Crippen LogP contribution in [0.3, 0.4) is 0 Å². The van der Waals surface area contributed by atoms with Gasteiger partial charge in [-0.15, -0.1) is 0 Å². The van der Waals surface area contributed by atoms with Crippen LogP contribution >= 0.6 is 0 Å². The molecule has 1 aromatic carbocycles. The predicted octanol–water partition coefficient (Wildman–Crippen LogP) is 3.72. The topological polar surface area (TPSA) is 3.24 Å². The summed E-state index contributed by atoms with van der Waals surface area (Å²) in [6.07, 6.45) is 4.51. The van der Waals surface area contributed by atoms with Crippen LogP contribution in [0, 0.1) is 0 Å². The summed E-state index contributed by atoms with van der Waals surface area (Å²) < 4.78 is 6.48. The van der Waals surface area contributed by atoms with Gasteiger partial charge < -0.3 is 0 Å². The number of nitrogens with zero attached hydrogens (tertiary/aromatic N) is 1. The molecule has 0 spiro atoms. The molecule has 1 nitrogen and oxygen atoms in total. The van der Waals surface area contributed by atoms with Crippen molar-refractivity contribution in [2.24, 2.45) is 0 Å². The predicted molar refractivity (Wildman–Crippen MR) is 80.6 cm³/mol. The van der Waals surface area contributed by atoms with Gasteiger partial charge in [0.1, 0.15) is 0 Å². The first-order valence-corrected chi connectivity index (χ1v) is 15.7. The standard InChI is InChI=1S/C9H18N.C7H7.Sn/c1-4-7-10(8-5-2)9-6-3;1-7-5-3-2-4-6-7;/h1-9H2;2-6H,1H2;. The summed E-state index contributed by atoms with van der Waals surface area (Å²) in [7, 11) is 0. The fourth-order valence-electron chi connectivity index (χ4n) is 4.04. The third-order valence-electron chi connectivity index (χ3n) is 4.97. The molecule has 2 heteroatoms. The molecule has 3 heterocycles. The zero-order valence-corrected chi connectivity index (χ0v) is 14.3. The van der Waals surface area contributed by atoms with Crippen molar-refractivity contribution in [1.29, 1.82) is 0 Å². The van der Waals surface area contributed by atoms with Crippen LogP contribution in [-0.2, 0) is 4.44 Å². The molecule has 0 atom stereocenters. The van der Waals surface area contributed by atoms with Crippen LogP contribution in [0.25, 0.3) is 0 Å². The maximum atomic E-state index is 2.72. The van der Waals surface area contributed by atoms with Crippen molar-refractivity contribution in [2.75, 3.05) is 19.6 Å². The molecule has 3 aliphatic rings. The van der Waals surface area contributed by atoms with Gasteiger partial charge in [-0.2, -0.15) is 0 Å². The Kier molecular flexibility index (Phi) is 4.30. The number of rotatable bonds is 2. The number of benzene rings is 1. The molecule has 2 bridgehead atoms. The molecule has 3 saturated heterocycles. The molecule has 18 heavy (non-hydrogen) atoms. The van der Waals surface area contributed by atoms with Gasteiger partial charge in [-0.05, 0) is 0 Å². The Bertz CT molecular complexity index is 349. The summed E-state index contributed by atoms with van der Waals surface area (Å²) in [5.74, 6) is 0. The monoisotopic (exact) mass is 351 g/mol. The summed E-state index contributed by atoms with van der Waals surface area (Å²) in [5, 5.41) is 0. The van der Waals surface area contributed by atoms with E-state index in [0.29, 0.717) is 0 Å². The molecule has 0 N–H and O–H groups in total. The molecule has 98 valence electrons. The second-order valence-corrected chi connectivity index (χ2v) is 20.2. The third-order valence-corrected chi connectivity index (χ3v) is 20.4. The summed E-state index contributed by atoms with van der Waals surface area (Å²) in [6, 6.07) is 11.4. The van der Waals surface area contributed by atoms with E-state index in [0.717, 1.165) is 0 Å². The Morgan fingerprint density at radius 3 is 1.94 bits per heavy atom. The molecule has 3 fully saturated rings. The molecule has 4 rings (SSSR count). The van der Waals surface area contributed by atoms with Crippen molar-refractivity contribution in [3.8, 4) is 0 Å². The zero-order valence-electron chi connectivity index (χ0n) is 11.4. The normalized spacial score (nSPS) is 32.6. The third kappa shape index (κ3) is 3.11. The SMILES string of the molecule is c1ccc([CH2][Sn]23[CH2]CCN(CC[CH2]2)CC[CH2]3)cc1. The first kappa shape index (κ1) is 13.0. The fraction of sp³-hybridized carbons (Fsp3) is 0.625. The summed E-state index contributed by atoms with van der Waals surface area (Å²) in [6.45, 7) is 4.19. The average molecular weight is 350 g/mol. The minimum absolute atomic E-state index is 1.40. The van der Waals surface area contributed by atoms with E-state index in [1.165, 1.54) is 43.3 Å². The van der Waals surface area contributed by atoms with Gasteiger partial charge in [0, 0.05) is 0 Å². The van der Waals surface area contributed by atoms with E-state index < -0.39 is 18.4 Å². The maximum absolute atomic E-state index is 2.72. The minimum atomic E-state index is -1.82. The van der Waals surface area contributed by atoms with E-state index in [9.17, 15) is 0 Å². The Labute approximate surface area is 115 Å². The van der Waals surface area contributed by atoms with E-state index in [1.807, 2.05) is 0 Å². The summed E-state index contributed by atoms with van der Waals surface area (Å²) in [5.41, 5.74) is 1.64. The Balaban J connectivity index is 1.77. The van der Waals surface area contributed by atoms with Gasteiger partial charge in [-0.3, -0.25) is 0 Å². The van der Waals surface area contributed by atoms with Crippen LogP contribution in [0.5, 0.6) is 0 Å². The Morgan fingerprint density at radius 1 is 0.833 bits per heavy atom. The summed E-state index contributed by atoms with van der Waals surface area (Å²) >= 11 is -1.82. The van der Waals surface area contributed by atoms with Crippen LogP contribution in [0.15, 0.2) is 30.3 Å². The van der Waals surface area contributed by atoms with Crippen molar-refractivity contribution < 1.29 is 0 Å². The van der Waals surface area contributed by atoms with Gasteiger partial charge in [0.25, 0.3) is 0 Å². The van der Waals surface area contributed by atoms with Crippen molar-refractivity contribution in [1.82, 2.24) is 4.90 Å². The second-order valence-electron chi connectivity index (χ2n) is 6.31. The fourth-order valence-corrected chi connectivity index (χ4v) is 18.6. The molecule has 1 aromatic rings. The molecular weight excluding hydrogens is 325 g/mol. The van der Waals surface area contributed by atoms with Crippen molar-refractivity contribution in [3.05, 3.63) is 35.9 Å². The van der Waals surface area contributed by atoms with Gasteiger partial charge in [0.15, 0.2) is 0 Å². The van der Waals surface area contributed by atoms with Crippen molar-refractivity contribution >= 4 is 18.4 Å². The molecule has 0 amide bonds. The van der Waals surface area contributed by atoms with E-state index >= 15 is 0 Å².